The van der Waals surface area contributed by atoms with E-state index in [2.05, 4.69) is 0 Å². The van der Waals surface area contributed by atoms with Crippen molar-refractivity contribution in [2.45, 2.75) is 0 Å². The number of hydrogen-bond donors (Lipinski definition) is 0. The maximum Gasteiger partial charge on any atom is 0.340 e. The van der Waals surface area contributed by atoms with Gasteiger partial charge in [-0.25, -0.2) is 4.79 Å². The SMILES string of the molecule is COC(=O)/C(=C\N(C)C)c1ccccc1Cl. The minimum Gasteiger partial charge on any atom is -0.465 e. The third-order valence-corrected chi connectivity index (χ3v) is 2.29. The number of halogens is 1. The Hall–Kier alpha value is -1.48. The Kier molecular flexibility index (Phi) is 4.38. The van der Waals surface area contributed by atoms with Crippen molar-refractivity contribution < 1.29 is 9.53 Å². The Bertz CT molecular complexity index is 413. The van der Waals surface area contributed by atoms with Crippen LogP contribution in [0.2, 0.25) is 5.02 Å². The third kappa shape index (κ3) is 3.00. The first-order chi connectivity index (χ1) is 7.56. The molecular weight excluding hydrogens is 226 g/mol. The zero-order valence-corrected chi connectivity index (χ0v) is 10.3. The van der Waals surface area contributed by atoms with Crippen molar-refractivity contribution in [1.29, 1.82) is 0 Å². The fourth-order valence-electron chi connectivity index (χ4n) is 1.28. The van der Waals surface area contributed by atoms with E-state index in [1.165, 1.54) is 7.11 Å². The molecule has 0 amide bonds. The van der Waals surface area contributed by atoms with Gasteiger partial charge in [0.2, 0.25) is 0 Å². The summed E-state index contributed by atoms with van der Waals surface area (Å²) in [6, 6.07) is 7.17. The molecule has 0 aliphatic rings. The molecule has 0 aromatic heterocycles. The van der Waals surface area contributed by atoms with E-state index in [-0.39, 0.29) is 0 Å². The molecule has 0 bridgehead atoms. The normalized spacial score (nSPS) is 11.1. The molecule has 0 heterocycles. The van der Waals surface area contributed by atoms with Gasteiger partial charge in [-0.15, -0.1) is 0 Å². The summed E-state index contributed by atoms with van der Waals surface area (Å²) < 4.78 is 4.73. The molecule has 1 aromatic carbocycles. The van der Waals surface area contributed by atoms with E-state index in [1.54, 1.807) is 23.2 Å². The average molecular weight is 240 g/mol. The van der Waals surface area contributed by atoms with Crippen molar-refractivity contribution in [2.75, 3.05) is 21.2 Å². The molecular formula is C12H14ClNO2. The number of hydrogen-bond acceptors (Lipinski definition) is 3. The Morgan fingerprint density at radius 1 is 1.38 bits per heavy atom. The van der Waals surface area contributed by atoms with Crippen molar-refractivity contribution in [3.05, 3.63) is 41.1 Å². The van der Waals surface area contributed by atoms with Gasteiger partial charge in [0.1, 0.15) is 0 Å². The van der Waals surface area contributed by atoms with Gasteiger partial charge in [-0.05, 0) is 6.07 Å². The van der Waals surface area contributed by atoms with E-state index >= 15 is 0 Å². The molecule has 0 aliphatic carbocycles. The first-order valence-corrected chi connectivity index (χ1v) is 5.15. The first-order valence-electron chi connectivity index (χ1n) is 4.77. The van der Waals surface area contributed by atoms with Gasteiger partial charge in [-0.2, -0.15) is 0 Å². The van der Waals surface area contributed by atoms with Crippen molar-refractivity contribution in [1.82, 2.24) is 4.90 Å². The van der Waals surface area contributed by atoms with Crippen LogP contribution >= 0.6 is 11.6 Å². The lowest BCUT2D eigenvalue weighted by Gasteiger charge is -2.11. The van der Waals surface area contributed by atoms with E-state index in [1.807, 2.05) is 26.2 Å². The highest BCUT2D eigenvalue weighted by Gasteiger charge is 2.15. The second-order valence-electron chi connectivity index (χ2n) is 3.48. The number of methoxy groups -OCH3 is 1. The fraction of sp³-hybridized carbons (Fsp3) is 0.250. The second kappa shape index (κ2) is 5.56. The lowest BCUT2D eigenvalue weighted by Crippen LogP contribution is -2.10. The highest BCUT2D eigenvalue weighted by molar-refractivity contribution is 6.34. The van der Waals surface area contributed by atoms with Crippen LogP contribution in [0, 0.1) is 0 Å². The summed E-state index contributed by atoms with van der Waals surface area (Å²) >= 11 is 6.04. The van der Waals surface area contributed by atoms with E-state index in [4.69, 9.17) is 16.3 Å². The van der Waals surface area contributed by atoms with Gasteiger partial charge in [0.25, 0.3) is 0 Å². The second-order valence-corrected chi connectivity index (χ2v) is 3.89. The molecule has 0 saturated heterocycles. The van der Waals surface area contributed by atoms with Gasteiger partial charge in [0, 0.05) is 30.9 Å². The minimum absolute atomic E-state index is 0.401. The number of ether oxygens (including phenoxy) is 1. The summed E-state index contributed by atoms with van der Waals surface area (Å²) in [6.45, 7) is 0. The molecule has 4 heteroatoms. The van der Waals surface area contributed by atoms with E-state index in [0.29, 0.717) is 16.2 Å². The Balaban J connectivity index is 3.22. The fourth-order valence-corrected chi connectivity index (χ4v) is 1.52. The molecule has 1 rings (SSSR count). The van der Waals surface area contributed by atoms with Crippen LogP contribution in [0.3, 0.4) is 0 Å². The van der Waals surface area contributed by atoms with Crippen LogP contribution in [-0.4, -0.2) is 32.1 Å². The van der Waals surface area contributed by atoms with Crippen molar-refractivity contribution in [2.24, 2.45) is 0 Å². The summed E-state index contributed by atoms with van der Waals surface area (Å²) in [5.41, 5.74) is 1.11. The molecule has 0 saturated carbocycles. The van der Waals surface area contributed by atoms with Crippen LogP contribution in [0.15, 0.2) is 30.5 Å². The van der Waals surface area contributed by atoms with Crippen molar-refractivity contribution >= 4 is 23.1 Å². The van der Waals surface area contributed by atoms with Gasteiger partial charge in [-0.3, -0.25) is 0 Å². The molecule has 0 spiro atoms. The number of nitrogens with zero attached hydrogens (tertiary/aromatic N) is 1. The molecule has 0 atom stereocenters. The molecule has 3 nitrogen and oxygen atoms in total. The molecule has 0 radical (unpaired) electrons. The van der Waals surface area contributed by atoms with Crippen LogP contribution in [0.1, 0.15) is 5.56 Å². The quantitative estimate of drug-likeness (QED) is 0.599. The van der Waals surface area contributed by atoms with Crippen LogP contribution in [0.4, 0.5) is 0 Å². The molecule has 16 heavy (non-hydrogen) atoms. The first kappa shape index (κ1) is 12.6. The number of esters is 1. The van der Waals surface area contributed by atoms with Crippen LogP contribution in [0.5, 0.6) is 0 Å². The third-order valence-electron chi connectivity index (χ3n) is 1.96. The number of carbonyl (C=O) groups excluding carboxylic acids is 1. The topological polar surface area (TPSA) is 29.5 Å². The highest BCUT2D eigenvalue weighted by Crippen LogP contribution is 2.24. The highest BCUT2D eigenvalue weighted by atomic mass is 35.5. The number of carbonyl (C=O) groups is 1. The molecule has 0 unspecified atom stereocenters. The summed E-state index contributed by atoms with van der Waals surface area (Å²) in [4.78, 5) is 13.4. The summed E-state index contributed by atoms with van der Waals surface area (Å²) in [7, 11) is 5.02. The zero-order chi connectivity index (χ0) is 12.1. The van der Waals surface area contributed by atoms with E-state index in [0.717, 1.165) is 0 Å². The minimum atomic E-state index is -0.401. The monoisotopic (exact) mass is 239 g/mol. The van der Waals surface area contributed by atoms with Crippen molar-refractivity contribution in [3.63, 3.8) is 0 Å². The lowest BCUT2D eigenvalue weighted by molar-refractivity contribution is -0.133. The van der Waals surface area contributed by atoms with Crippen LogP contribution in [-0.2, 0) is 9.53 Å². The molecule has 86 valence electrons. The summed E-state index contributed by atoms with van der Waals surface area (Å²) in [6.07, 6.45) is 1.69. The lowest BCUT2D eigenvalue weighted by atomic mass is 10.1. The Morgan fingerprint density at radius 2 is 2.00 bits per heavy atom. The standard InChI is InChI=1S/C12H14ClNO2/c1-14(2)8-10(12(15)16-3)9-6-4-5-7-11(9)13/h4-8H,1-3H3/b10-8-. The van der Waals surface area contributed by atoms with Crippen molar-refractivity contribution in [3.8, 4) is 0 Å². The number of benzene rings is 1. The van der Waals surface area contributed by atoms with Crippen LogP contribution < -0.4 is 0 Å². The van der Waals surface area contributed by atoms with E-state index < -0.39 is 5.97 Å². The van der Waals surface area contributed by atoms with Gasteiger partial charge >= 0.3 is 5.97 Å². The summed E-state index contributed by atoms with van der Waals surface area (Å²) in [5.74, 6) is -0.401. The molecule has 0 fully saturated rings. The van der Waals surface area contributed by atoms with Gasteiger partial charge in [0.15, 0.2) is 0 Å². The molecule has 0 aliphatic heterocycles. The average Bonchev–Trinajstić information content (AvgIpc) is 2.26. The maximum atomic E-state index is 11.6. The summed E-state index contributed by atoms with van der Waals surface area (Å²) in [5, 5.41) is 0.529. The largest absolute Gasteiger partial charge is 0.465 e. The van der Waals surface area contributed by atoms with Gasteiger partial charge < -0.3 is 9.64 Å². The maximum absolute atomic E-state index is 11.6. The van der Waals surface area contributed by atoms with Gasteiger partial charge in [0.05, 0.1) is 12.7 Å². The van der Waals surface area contributed by atoms with Gasteiger partial charge in [-0.1, -0.05) is 29.8 Å². The molecule has 1 aromatic rings. The zero-order valence-electron chi connectivity index (χ0n) is 9.53. The Morgan fingerprint density at radius 3 is 2.50 bits per heavy atom. The predicted molar refractivity (Wildman–Crippen MR) is 65.1 cm³/mol. The van der Waals surface area contributed by atoms with E-state index in [9.17, 15) is 4.79 Å². The predicted octanol–water partition coefficient (Wildman–Crippen LogP) is 2.42. The Labute approximate surface area is 100 Å². The van der Waals surface area contributed by atoms with Crippen LogP contribution in [0.25, 0.3) is 5.57 Å². The smallest absolute Gasteiger partial charge is 0.340 e. The number of rotatable bonds is 3. The molecule has 0 N–H and O–H groups in total.